The predicted molar refractivity (Wildman–Crippen MR) is 74.1 cm³/mol. The van der Waals surface area contributed by atoms with Crippen molar-refractivity contribution in [1.29, 1.82) is 0 Å². The Hall–Kier alpha value is -0.980. The normalized spacial score (nSPS) is 22.9. The molecule has 2 bridgehead atoms. The second-order valence-corrected chi connectivity index (χ2v) is 6.37. The maximum Gasteiger partial charge on any atom is 1.00 e. The van der Waals surface area contributed by atoms with Crippen LogP contribution in [0, 0.1) is 0 Å². The predicted octanol–water partition coefficient (Wildman–Crippen LogP) is -3.96. The van der Waals surface area contributed by atoms with Gasteiger partial charge in [0.05, 0.1) is 6.54 Å². The molecule has 0 aromatic rings. The van der Waals surface area contributed by atoms with E-state index >= 15 is 0 Å². The number of hydroxylamine groups is 2. The Bertz CT molecular complexity index is 678. The van der Waals surface area contributed by atoms with Crippen molar-refractivity contribution in [2.24, 2.45) is 5.73 Å². The quantitative estimate of drug-likeness (QED) is 0.208. The number of amides is 3. The molecule has 10 nitrogen and oxygen atoms in total. The molecule has 1 saturated heterocycles. The largest absolute Gasteiger partial charge is 1.00 e. The summed E-state index contributed by atoms with van der Waals surface area (Å²) < 4.78 is 36.6. The number of ketones is 1. The number of carbonyl (C=O) groups excluding carboxylic acids is 3. The first kappa shape index (κ1) is 21.1. The third-order valence-electron chi connectivity index (χ3n) is 3.68. The molecule has 2 heterocycles. The van der Waals surface area contributed by atoms with Gasteiger partial charge in [0.15, 0.2) is 0 Å². The van der Waals surface area contributed by atoms with Crippen LogP contribution < -0.4 is 35.3 Å². The number of hydrogen-bond acceptors (Lipinski definition) is 7. The molecule has 2 rings (SSSR count). The number of nitrogens with zero attached hydrogens (tertiary/aromatic N) is 2. The van der Waals surface area contributed by atoms with Crippen LogP contribution in [0.4, 0.5) is 4.79 Å². The van der Waals surface area contributed by atoms with Crippen molar-refractivity contribution in [3.63, 3.8) is 0 Å². The summed E-state index contributed by atoms with van der Waals surface area (Å²) in [5.41, 5.74) is 5.78. The van der Waals surface area contributed by atoms with Crippen molar-refractivity contribution in [2.75, 3.05) is 6.54 Å². The summed E-state index contributed by atoms with van der Waals surface area (Å²) in [6.07, 6.45) is 2.54. The van der Waals surface area contributed by atoms with Gasteiger partial charge in [-0.05, 0) is 25.3 Å². The molecule has 0 saturated carbocycles. The number of primary amides is 1. The third-order valence-corrected chi connectivity index (χ3v) is 4.02. The van der Waals surface area contributed by atoms with Gasteiger partial charge >= 0.3 is 35.6 Å². The maximum absolute atomic E-state index is 12.1. The molecule has 12 heteroatoms. The summed E-state index contributed by atoms with van der Waals surface area (Å²) in [7, 11) is -5.14. The Morgan fingerprint density at radius 3 is 2.58 bits per heavy atom. The maximum atomic E-state index is 12.1. The number of nitrogens with two attached hydrogens (primary N) is 1. The van der Waals surface area contributed by atoms with E-state index in [1.54, 1.807) is 0 Å². The number of fused-ring (bicyclic) bond motifs is 2. The van der Waals surface area contributed by atoms with E-state index in [0.29, 0.717) is 29.9 Å². The number of carbonyl (C=O) groups is 3. The van der Waals surface area contributed by atoms with Gasteiger partial charge in [-0.25, -0.2) is 13.2 Å². The molecule has 24 heavy (non-hydrogen) atoms. The number of urea groups is 1. The molecule has 2 N–H and O–H groups in total. The zero-order valence-electron chi connectivity index (χ0n) is 13.3. The van der Waals surface area contributed by atoms with Crippen molar-refractivity contribution < 1.29 is 61.2 Å². The van der Waals surface area contributed by atoms with Gasteiger partial charge in [0.2, 0.25) is 16.3 Å². The van der Waals surface area contributed by atoms with Gasteiger partial charge in [0.1, 0.15) is 17.9 Å². The van der Waals surface area contributed by atoms with Crippen LogP contribution in [0.5, 0.6) is 0 Å². The molecule has 0 aromatic heterocycles. The van der Waals surface area contributed by atoms with Gasteiger partial charge < -0.3 is 20.0 Å². The van der Waals surface area contributed by atoms with E-state index in [9.17, 15) is 27.4 Å². The van der Waals surface area contributed by atoms with Crippen LogP contribution in [-0.4, -0.2) is 59.3 Å². The Balaban J connectivity index is 0.00000288. The van der Waals surface area contributed by atoms with Crippen molar-refractivity contribution in [3.05, 3.63) is 11.6 Å². The average molecular weight is 369 g/mol. The first-order valence-corrected chi connectivity index (χ1v) is 8.18. The van der Waals surface area contributed by atoms with Crippen molar-refractivity contribution in [1.82, 2.24) is 9.96 Å². The molecule has 0 unspecified atom stereocenters. The fourth-order valence-electron chi connectivity index (χ4n) is 2.71. The summed E-state index contributed by atoms with van der Waals surface area (Å²) >= 11 is 0. The first-order valence-electron chi connectivity index (χ1n) is 6.84. The van der Waals surface area contributed by atoms with E-state index in [4.69, 9.17) is 5.73 Å². The average Bonchev–Trinajstić information content (AvgIpc) is 2.65. The van der Waals surface area contributed by atoms with E-state index in [1.807, 2.05) is 0 Å². The number of hydrogen-bond donors (Lipinski definition) is 1. The number of rotatable bonds is 7. The van der Waals surface area contributed by atoms with Crippen LogP contribution in [0.25, 0.3) is 0 Å². The van der Waals surface area contributed by atoms with E-state index in [2.05, 4.69) is 4.28 Å². The summed E-state index contributed by atoms with van der Waals surface area (Å²) in [6.45, 7) is 1.41. The SMILES string of the molecule is CC(=O)CCCC1=C[C@@H](C(N)=O)N2C[C@@H]1N(OS(=O)(=O)[O-])C2=O.[Na+]. The minimum atomic E-state index is -5.14. The second-order valence-electron chi connectivity index (χ2n) is 5.40. The number of Topliss-reactive ketones (excluding diaryl/α,β-unsaturated/α-hetero) is 1. The van der Waals surface area contributed by atoms with Gasteiger partial charge in [-0.3, -0.25) is 4.79 Å². The molecule has 2 atom stereocenters. The van der Waals surface area contributed by atoms with Crippen LogP contribution in [0.1, 0.15) is 26.2 Å². The van der Waals surface area contributed by atoms with Crippen LogP contribution in [0.3, 0.4) is 0 Å². The van der Waals surface area contributed by atoms with E-state index in [0.717, 1.165) is 4.90 Å². The molecular weight excluding hydrogens is 353 g/mol. The topological polar surface area (TPSA) is 150 Å². The molecule has 2 aliphatic rings. The van der Waals surface area contributed by atoms with Gasteiger partial charge in [0.25, 0.3) is 0 Å². The second kappa shape index (κ2) is 7.93. The smallest absolute Gasteiger partial charge is 0.724 e. The zero-order chi connectivity index (χ0) is 17.4. The Morgan fingerprint density at radius 2 is 2.08 bits per heavy atom. The Labute approximate surface area is 161 Å². The fourth-order valence-corrected chi connectivity index (χ4v) is 3.08. The van der Waals surface area contributed by atoms with E-state index in [-0.39, 0.29) is 41.9 Å². The van der Waals surface area contributed by atoms with Crippen LogP contribution in [0.15, 0.2) is 11.6 Å². The summed E-state index contributed by atoms with van der Waals surface area (Å²) in [5, 5.41) is 0.449. The third kappa shape index (κ3) is 4.77. The van der Waals surface area contributed by atoms with Gasteiger partial charge in [-0.15, -0.1) is 0 Å². The molecule has 128 valence electrons. The first-order chi connectivity index (χ1) is 10.6. The van der Waals surface area contributed by atoms with Gasteiger partial charge in [-0.2, -0.15) is 9.35 Å². The molecule has 1 fully saturated rings. The molecule has 0 radical (unpaired) electrons. The van der Waals surface area contributed by atoms with Crippen LogP contribution in [0.2, 0.25) is 0 Å². The van der Waals surface area contributed by atoms with Crippen molar-refractivity contribution in [3.8, 4) is 0 Å². The van der Waals surface area contributed by atoms with Crippen LogP contribution >= 0.6 is 0 Å². The molecule has 2 aliphatic heterocycles. The van der Waals surface area contributed by atoms with E-state index < -0.39 is 34.4 Å². The van der Waals surface area contributed by atoms with Crippen molar-refractivity contribution >= 4 is 28.1 Å². The summed E-state index contributed by atoms with van der Waals surface area (Å²) in [5.74, 6) is -0.806. The fraction of sp³-hybridized carbons (Fsp3) is 0.583. The zero-order valence-corrected chi connectivity index (χ0v) is 16.1. The van der Waals surface area contributed by atoms with E-state index in [1.165, 1.54) is 13.0 Å². The van der Waals surface area contributed by atoms with Crippen molar-refractivity contribution in [2.45, 2.75) is 38.3 Å². The molecule has 3 amide bonds. The minimum Gasteiger partial charge on any atom is -0.724 e. The summed E-state index contributed by atoms with van der Waals surface area (Å²) in [4.78, 5) is 35.7. The van der Waals surface area contributed by atoms with Crippen LogP contribution in [-0.2, 0) is 24.3 Å². The minimum absolute atomic E-state index is 0. The van der Waals surface area contributed by atoms with Gasteiger partial charge in [-0.1, -0.05) is 6.08 Å². The Morgan fingerprint density at radius 1 is 1.46 bits per heavy atom. The molecule has 0 spiro atoms. The molecular formula is C12H16N3NaO7S. The van der Waals surface area contributed by atoms with Gasteiger partial charge in [0, 0.05) is 6.42 Å². The monoisotopic (exact) mass is 369 g/mol. The standard InChI is InChI=1S/C12H17N3O7S.Na/c1-7(16)3-2-4-8-5-9(11(13)17)14-6-10(8)15(12(14)18)22-23(19,20)21;/h5,9-10H,2-4,6H2,1H3,(H2,13,17)(H,19,20,21);/q;+1/p-1/t9-,10-;/m0./s1. The Kier molecular flexibility index (Phi) is 6.96. The molecule has 0 aliphatic carbocycles. The molecule has 0 aromatic carbocycles. The summed E-state index contributed by atoms with van der Waals surface area (Å²) in [6, 6.07) is -2.78.